The minimum Gasteiger partial charge on any atom is -0.352 e. The molecule has 1 atom stereocenters. The zero-order valence-electron chi connectivity index (χ0n) is 17.3. The molecule has 6 heteroatoms. The molecule has 0 aromatic rings. The molecule has 0 radical (unpaired) electrons. The molecule has 0 aromatic heterocycles. The lowest BCUT2D eigenvalue weighted by Crippen LogP contribution is -2.52. The zero-order valence-corrected chi connectivity index (χ0v) is 17.3. The molecule has 6 nitrogen and oxygen atoms in total. The highest BCUT2D eigenvalue weighted by Gasteiger charge is 2.30. The van der Waals surface area contributed by atoms with E-state index < -0.39 is 0 Å². The number of carbonyl (C=O) groups is 2. The van der Waals surface area contributed by atoms with Crippen LogP contribution in [0.2, 0.25) is 0 Å². The molecule has 3 rings (SSSR count). The van der Waals surface area contributed by atoms with Gasteiger partial charge in [-0.3, -0.25) is 4.79 Å². The SMILES string of the molecule is CN(C)C(=O)N1CCC(C(=O)NC2CCCN(CC3CCCCC3)C2)CC1. The number of nitrogens with one attached hydrogen (secondary N) is 1. The molecule has 2 saturated heterocycles. The predicted octanol–water partition coefficient (Wildman–Crippen LogP) is 2.54. The number of urea groups is 1. The molecule has 3 amide bonds. The number of carbonyl (C=O) groups excluding carboxylic acids is 2. The molecule has 0 aromatic carbocycles. The molecule has 1 saturated carbocycles. The molecule has 1 aliphatic carbocycles. The van der Waals surface area contributed by atoms with Gasteiger partial charge in [-0.2, -0.15) is 0 Å². The van der Waals surface area contributed by atoms with Crippen molar-refractivity contribution in [3.05, 3.63) is 0 Å². The van der Waals surface area contributed by atoms with Gasteiger partial charge in [0.25, 0.3) is 0 Å². The summed E-state index contributed by atoms with van der Waals surface area (Å²) in [6.45, 7) is 4.80. The van der Waals surface area contributed by atoms with Gasteiger partial charge in [0.05, 0.1) is 0 Å². The summed E-state index contributed by atoms with van der Waals surface area (Å²) < 4.78 is 0. The number of rotatable bonds is 4. The first-order chi connectivity index (χ1) is 13.0. The molecule has 0 spiro atoms. The van der Waals surface area contributed by atoms with Gasteiger partial charge < -0.3 is 20.0 Å². The van der Waals surface area contributed by atoms with Crippen molar-refractivity contribution in [2.75, 3.05) is 46.8 Å². The maximum absolute atomic E-state index is 12.7. The van der Waals surface area contributed by atoms with Crippen LogP contribution in [0, 0.1) is 11.8 Å². The van der Waals surface area contributed by atoms with Crippen molar-refractivity contribution in [1.29, 1.82) is 0 Å². The Balaban J connectivity index is 1.40. The lowest BCUT2D eigenvalue weighted by molar-refractivity contribution is -0.127. The van der Waals surface area contributed by atoms with Crippen LogP contribution in [0.25, 0.3) is 0 Å². The van der Waals surface area contributed by atoms with E-state index in [1.54, 1.807) is 19.0 Å². The molecule has 3 aliphatic rings. The Labute approximate surface area is 164 Å². The third-order valence-corrected chi connectivity index (χ3v) is 6.61. The van der Waals surface area contributed by atoms with Gasteiger partial charge in [-0.25, -0.2) is 4.79 Å². The number of hydrogen-bond donors (Lipinski definition) is 1. The summed E-state index contributed by atoms with van der Waals surface area (Å²) in [5.41, 5.74) is 0. The topological polar surface area (TPSA) is 55.9 Å². The van der Waals surface area contributed by atoms with Crippen molar-refractivity contribution in [2.24, 2.45) is 11.8 Å². The van der Waals surface area contributed by atoms with Crippen molar-refractivity contribution in [3.63, 3.8) is 0 Å². The largest absolute Gasteiger partial charge is 0.352 e. The van der Waals surface area contributed by atoms with Crippen LogP contribution in [0.15, 0.2) is 0 Å². The summed E-state index contributed by atoms with van der Waals surface area (Å²) in [6.07, 6.45) is 10.8. The van der Waals surface area contributed by atoms with Gasteiger partial charge in [-0.1, -0.05) is 19.3 Å². The van der Waals surface area contributed by atoms with Crippen LogP contribution in [0.3, 0.4) is 0 Å². The van der Waals surface area contributed by atoms with Crippen LogP contribution in [0.1, 0.15) is 57.8 Å². The Bertz CT molecular complexity index is 496. The summed E-state index contributed by atoms with van der Waals surface area (Å²) in [7, 11) is 3.56. The van der Waals surface area contributed by atoms with Crippen molar-refractivity contribution in [1.82, 2.24) is 20.0 Å². The standard InChI is InChI=1S/C21H38N4O2/c1-23(2)21(27)25-13-10-18(11-14-25)20(26)22-19-9-6-12-24(16-19)15-17-7-4-3-5-8-17/h17-19H,3-16H2,1-2H3,(H,22,26). The molecular formula is C21H38N4O2. The van der Waals surface area contributed by atoms with Gasteiger partial charge in [0.2, 0.25) is 5.91 Å². The quantitative estimate of drug-likeness (QED) is 0.818. The van der Waals surface area contributed by atoms with Crippen LogP contribution in [0.4, 0.5) is 4.79 Å². The highest BCUT2D eigenvalue weighted by molar-refractivity contribution is 5.80. The van der Waals surface area contributed by atoms with Crippen LogP contribution < -0.4 is 5.32 Å². The second kappa shape index (κ2) is 9.76. The fraction of sp³-hybridized carbons (Fsp3) is 0.905. The summed E-state index contributed by atoms with van der Waals surface area (Å²) in [6, 6.07) is 0.357. The van der Waals surface area contributed by atoms with E-state index in [0.717, 1.165) is 31.7 Å². The van der Waals surface area contributed by atoms with E-state index in [1.807, 2.05) is 4.90 Å². The number of nitrogens with zero attached hydrogens (tertiary/aromatic N) is 3. The zero-order chi connectivity index (χ0) is 19.2. The fourth-order valence-corrected chi connectivity index (χ4v) is 5.01. The monoisotopic (exact) mass is 378 g/mol. The second-order valence-electron chi connectivity index (χ2n) is 9.05. The van der Waals surface area contributed by atoms with Crippen LogP contribution in [-0.4, -0.2) is 79.5 Å². The Kier molecular flexibility index (Phi) is 7.39. The first-order valence-electron chi connectivity index (χ1n) is 11.0. The van der Waals surface area contributed by atoms with E-state index in [9.17, 15) is 9.59 Å². The molecule has 0 bridgehead atoms. The summed E-state index contributed by atoms with van der Waals surface area (Å²) in [5, 5.41) is 3.33. The number of hydrogen-bond acceptors (Lipinski definition) is 3. The molecular weight excluding hydrogens is 340 g/mol. The van der Waals surface area contributed by atoms with Crippen molar-refractivity contribution in [2.45, 2.75) is 63.8 Å². The van der Waals surface area contributed by atoms with Gasteiger partial charge >= 0.3 is 6.03 Å². The van der Waals surface area contributed by atoms with Gasteiger partial charge in [-0.05, 0) is 51.0 Å². The smallest absolute Gasteiger partial charge is 0.319 e. The average molecular weight is 379 g/mol. The van der Waals surface area contributed by atoms with E-state index in [0.29, 0.717) is 19.1 Å². The minimum atomic E-state index is 0.0551. The molecule has 2 heterocycles. The highest BCUT2D eigenvalue weighted by Crippen LogP contribution is 2.26. The first kappa shape index (κ1) is 20.4. The van der Waals surface area contributed by atoms with Crippen molar-refractivity contribution < 1.29 is 9.59 Å². The van der Waals surface area contributed by atoms with Gasteiger partial charge in [-0.15, -0.1) is 0 Å². The Morgan fingerprint density at radius 1 is 0.926 bits per heavy atom. The Morgan fingerprint density at radius 2 is 1.63 bits per heavy atom. The molecule has 2 aliphatic heterocycles. The predicted molar refractivity (Wildman–Crippen MR) is 108 cm³/mol. The number of amides is 3. The lowest BCUT2D eigenvalue weighted by Gasteiger charge is -2.37. The summed E-state index contributed by atoms with van der Waals surface area (Å²) in [4.78, 5) is 30.8. The second-order valence-corrected chi connectivity index (χ2v) is 9.05. The minimum absolute atomic E-state index is 0.0551. The van der Waals surface area contributed by atoms with Crippen LogP contribution >= 0.6 is 0 Å². The van der Waals surface area contributed by atoms with Gasteiger partial charge in [0, 0.05) is 52.2 Å². The van der Waals surface area contributed by atoms with E-state index in [-0.39, 0.29) is 17.9 Å². The van der Waals surface area contributed by atoms with E-state index in [2.05, 4.69) is 10.2 Å². The van der Waals surface area contributed by atoms with Crippen molar-refractivity contribution in [3.8, 4) is 0 Å². The highest BCUT2D eigenvalue weighted by atomic mass is 16.2. The molecule has 3 fully saturated rings. The average Bonchev–Trinajstić information content (AvgIpc) is 2.68. The van der Waals surface area contributed by atoms with Crippen LogP contribution in [0.5, 0.6) is 0 Å². The third kappa shape index (κ3) is 5.84. The normalized spacial score (nSPS) is 26.0. The van der Waals surface area contributed by atoms with E-state index in [1.165, 1.54) is 51.6 Å². The molecule has 1 unspecified atom stereocenters. The first-order valence-corrected chi connectivity index (χ1v) is 11.0. The molecule has 27 heavy (non-hydrogen) atoms. The van der Waals surface area contributed by atoms with Gasteiger partial charge in [0.1, 0.15) is 0 Å². The summed E-state index contributed by atoms with van der Waals surface area (Å²) in [5.74, 6) is 1.13. The van der Waals surface area contributed by atoms with E-state index >= 15 is 0 Å². The number of likely N-dealkylation sites (tertiary alicyclic amines) is 2. The Morgan fingerprint density at radius 3 is 2.30 bits per heavy atom. The molecule has 154 valence electrons. The molecule has 1 N–H and O–H groups in total. The maximum Gasteiger partial charge on any atom is 0.319 e. The van der Waals surface area contributed by atoms with Gasteiger partial charge in [0.15, 0.2) is 0 Å². The van der Waals surface area contributed by atoms with Crippen LogP contribution in [-0.2, 0) is 4.79 Å². The Hall–Kier alpha value is -1.30. The van der Waals surface area contributed by atoms with E-state index in [4.69, 9.17) is 0 Å². The summed E-state index contributed by atoms with van der Waals surface area (Å²) >= 11 is 0. The third-order valence-electron chi connectivity index (χ3n) is 6.61. The maximum atomic E-state index is 12.7. The number of piperidine rings is 2. The lowest BCUT2D eigenvalue weighted by atomic mass is 9.88. The van der Waals surface area contributed by atoms with Crippen molar-refractivity contribution >= 4 is 11.9 Å². The fourth-order valence-electron chi connectivity index (χ4n) is 5.01.